The van der Waals surface area contributed by atoms with Crippen LogP contribution in [0.15, 0.2) is 42.5 Å². The maximum atomic E-state index is 13.1. The summed E-state index contributed by atoms with van der Waals surface area (Å²) >= 11 is 5.59. The Kier molecular flexibility index (Phi) is 6.85. The highest BCUT2D eigenvalue weighted by Gasteiger charge is 2.34. The number of ether oxygens (including phenoxy) is 1. The topological polar surface area (TPSA) is 67.4 Å². The number of halogens is 5. The molecule has 0 saturated heterocycles. The van der Waals surface area contributed by atoms with Crippen molar-refractivity contribution in [3.8, 4) is 0 Å². The van der Waals surface area contributed by atoms with Crippen LogP contribution >= 0.6 is 11.6 Å². The molecule has 0 aliphatic carbocycles. The van der Waals surface area contributed by atoms with Gasteiger partial charge >= 0.3 is 18.2 Å². The van der Waals surface area contributed by atoms with Crippen LogP contribution in [0.25, 0.3) is 0 Å². The first-order chi connectivity index (χ1) is 13.1. The second-order valence-electron chi connectivity index (χ2n) is 5.69. The van der Waals surface area contributed by atoms with Crippen molar-refractivity contribution < 1.29 is 31.9 Å². The molecule has 0 fully saturated rings. The number of rotatable bonds is 5. The van der Waals surface area contributed by atoms with Crippen LogP contribution < -0.4 is 10.6 Å². The van der Waals surface area contributed by atoms with Gasteiger partial charge in [0.15, 0.2) is 0 Å². The molecule has 28 heavy (non-hydrogen) atoms. The van der Waals surface area contributed by atoms with Crippen LogP contribution in [0, 0.1) is 5.82 Å². The summed E-state index contributed by atoms with van der Waals surface area (Å²) in [7, 11) is 1.10. The van der Waals surface area contributed by atoms with E-state index in [2.05, 4.69) is 15.4 Å². The minimum absolute atomic E-state index is 0.0485. The number of methoxy groups -OCH3 is 1. The van der Waals surface area contributed by atoms with Crippen molar-refractivity contribution in [1.29, 1.82) is 0 Å². The van der Waals surface area contributed by atoms with E-state index in [4.69, 9.17) is 11.6 Å². The average Bonchev–Trinajstić information content (AvgIpc) is 2.63. The third kappa shape index (κ3) is 5.85. The van der Waals surface area contributed by atoms with E-state index in [1.807, 2.05) is 0 Å². The van der Waals surface area contributed by atoms with Gasteiger partial charge in [0.25, 0.3) is 0 Å². The molecule has 1 unspecified atom stereocenters. The normalized spacial score (nSPS) is 12.2. The lowest BCUT2D eigenvalue weighted by atomic mass is 10.1. The van der Waals surface area contributed by atoms with Crippen LogP contribution in [0.3, 0.4) is 0 Å². The molecule has 2 amide bonds. The molecule has 150 valence electrons. The zero-order valence-corrected chi connectivity index (χ0v) is 15.2. The molecule has 2 rings (SSSR count). The summed E-state index contributed by atoms with van der Waals surface area (Å²) in [4.78, 5) is 24.1. The van der Waals surface area contributed by atoms with Gasteiger partial charge in [0, 0.05) is 11.4 Å². The first-order valence-electron chi connectivity index (χ1n) is 7.86. The third-order valence-electron chi connectivity index (χ3n) is 3.68. The first kappa shape index (κ1) is 21.5. The molecule has 2 aromatic carbocycles. The minimum Gasteiger partial charge on any atom is -0.467 e. The molecule has 0 aromatic heterocycles. The predicted molar refractivity (Wildman–Crippen MR) is 94.5 cm³/mol. The van der Waals surface area contributed by atoms with Gasteiger partial charge in [-0.2, -0.15) is 13.2 Å². The quantitative estimate of drug-likeness (QED) is 0.558. The van der Waals surface area contributed by atoms with E-state index in [1.165, 1.54) is 30.3 Å². The molecular weight excluding hydrogens is 404 g/mol. The number of esters is 1. The van der Waals surface area contributed by atoms with Crippen molar-refractivity contribution in [2.45, 2.75) is 18.6 Å². The lowest BCUT2D eigenvalue weighted by Gasteiger charge is -2.19. The van der Waals surface area contributed by atoms with Gasteiger partial charge in [-0.25, -0.2) is 14.0 Å². The first-order valence-corrected chi connectivity index (χ1v) is 8.24. The van der Waals surface area contributed by atoms with Crippen LogP contribution in [0.1, 0.15) is 11.1 Å². The number of carbonyl (C=O) groups excluding carboxylic acids is 2. The molecule has 1 atom stereocenters. The highest BCUT2D eigenvalue weighted by molar-refractivity contribution is 6.30. The van der Waals surface area contributed by atoms with Gasteiger partial charge in [0.2, 0.25) is 0 Å². The van der Waals surface area contributed by atoms with Gasteiger partial charge in [-0.1, -0.05) is 23.7 Å². The Morgan fingerprint density at radius 1 is 1.14 bits per heavy atom. The Hall–Kier alpha value is -2.81. The summed E-state index contributed by atoms with van der Waals surface area (Å²) in [5, 5.41) is 4.16. The van der Waals surface area contributed by atoms with Crippen molar-refractivity contribution >= 4 is 29.3 Å². The summed E-state index contributed by atoms with van der Waals surface area (Å²) in [6.45, 7) is 0. The van der Waals surface area contributed by atoms with Gasteiger partial charge in [-0.05, 0) is 35.9 Å². The van der Waals surface area contributed by atoms with Crippen molar-refractivity contribution in [1.82, 2.24) is 5.32 Å². The molecule has 2 N–H and O–H groups in total. The standard InChI is InChI=1S/C18H15ClF4N2O3/c1-28-16(26)15(8-10-2-5-12(20)6-3-10)25-17(27)24-14-7-4-11(19)9-13(14)18(21,22)23/h2-7,9,15H,8H2,1H3,(H2,24,25,27). The molecule has 0 radical (unpaired) electrons. The summed E-state index contributed by atoms with van der Waals surface area (Å²) in [5.74, 6) is -1.29. The van der Waals surface area contributed by atoms with Crippen molar-refractivity contribution in [3.63, 3.8) is 0 Å². The van der Waals surface area contributed by atoms with Crippen LogP contribution in [0.4, 0.5) is 28.0 Å². The number of nitrogens with one attached hydrogen (secondary N) is 2. The highest BCUT2D eigenvalue weighted by Crippen LogP contribution is 2.36. The molecule has 10 heteroatoms. The molecule has 0 heterocycles. The fraction of sp³-hybridized carbons (Fsp3) is 0.222. The molecule has 0 bridgehead atoms. The summed E-state index contributed by atoms with van der Waals surface area (Å²) in [6, 6.07) is 5.77. The number of hydrogen-bond donors (Lipinski definition) is 2. The van der Waals surface area contributed by atoms with Crippen molar-refractivity contribution in [2.24, 2.45) is 0 Å². The fourth-order valence-electron chi connectivity index (χ4n) is 2.37. The molecule has 0 spiro atoms. The van der Waals surface area contributed by atoms with Crippen LogP contribution in [-0.2, 0) is 22.1 Å². The van der Waals surface area contributed by atoms with Crippen LogP contribution in [0.5, 0.6) is 0 Å². The van der Waals surface area contributed by atoms with Crippen LogP contribution in [-0.4, -0.2) is 25.2 Å². The van der Waals surface area contributed by atoms with Gasteiger partial charge in [0.1, 0.15) is 11.9 Å². The Bertz CT molecular complexity index is 857. The Labute approximate surface area is 162 Å². The lowest BCUT2D eigenvalue weighted by molar-refractivity contribution is -0.142. The van der Waals surface area contributed by atoms with Crippen LogP contribution in [0.2, 0.25) is 5.02 Å². The lowest BCUT2D eigenvalue weighted by Crippen LogP contribution is -2.45. The number of benzene rings is 2. The Balaban J connectivity index is 2.16. The van der Waals surface area contributed by atoms with Gasteiger partial charge in [-0.3, -0.25) is 0 Å². The highest BCUT2D eigenvalue weighted by atomic mass is 35.5. The second-order valence-corrected chi connectivity index (χ2v) is 6.13. The van der Waals surface area contributed by atoms with Crippen molar-refractivity contribution in [2.75, 3.05) is 12.4 Å². The van der Waals surface area contributed by atoms with E-state index in [0.717, 1.165) is 13.2 Å². The second kappa shape index (κ2) is 8.92. The van der Waals surface area contributed by atoms with Gasteiger partial charge in [-0.15, -0.1) is 0 Å². The third-order valence-corrected chi connectivity index (χ3v) is 3.91. The number of amides is 2. The Morgan fingerprint density at radius 2 is 1.79 bits per heavy atom. The SMILES string of the molecule is COC(=O)C(Cc1ccc(F)cc1)NC(=O)Nc1ccc(Cl)cc1C(F)(F)F. The summed E-state index contributed by atoms with van der Waals surface area (Å²) < 4.78 is 56.9. The Morgan fingerprint density at radius 3 is 2.36 bits per heavy atom. The molecule has 0 aliphatic heterocycles. The van der Waals surface area contributed by atoms with E-state index in [0.29, 0.717) is 11.6 Å². The van der Waals surface area contributed by atoms with Crippen molar-refractivity contribution in [3.05, 3.63) is 64.4 Å². The average molecular weight is 419 g/mol. The zero-order chi connectivity index (χ0) is 20.9. The van der Waals surface area contributed by atoms with E-state index in [9.17, 15) is 27.2 Å². The molecule has 0 saturated carbocycles. The van der Waals surface area contributed by atoms with E-state index < -0.39 is 41.3 Å². The maximum absolute atomic E-state index is 13.1. The largest absolute Gasteiger partial charge is 0.467 e. The maximum Gasteiger partial charge on any atom is 0.418 e. The molecule has 0 aliphatic rings. The fourth-order valence-corrected chi connectivity index (χ4v) is 2.54. The number of carbonyl (C=O) groups is 2. The predicted octanol–water partition coefficient (Wildman–Crippen LogP) is 4.40. The summed E-state index contributed by atoms with van der Waals surface area (Å²) in [6.07, 6.45) is -4.80. The smallest absolute Gasteiger partial charge is 0.418 e. The number of hydrogen-bond acceptors (Lipinski definition) is 3. The molecular formula is C18H15ClF4N2O3. The van der Waals surface area contributed by atoms with Gasteiger partial charge in [0.05, 0.1) is 18.4 Å². The van der Waals surface area contributed by atoms with E-state index in [-0.39, 0.29) is 11.4 Å². The van der Waals surface area contributed by atoms with E-state index in [1.54, 1.807) is 0 Å². The monoisotopic (exact) mass is 418 g/mol. The molecule has 2 aromatic rings. The molecule has 5 nitrogen and oxygen atoms in total. The zero-order valence-electron chi connectivity index (χ0n) is 14.4. The number of anilines is 1. The van der Waals surface area contributed by atoms with E-state index >= 15 is 0 Å². The summed E-state index contributed by atoms with van der Waals surface area (Å²) in [5.41, 5.74) is -1.15. The van der Waals surface area contributed by atoms with Gasteiger partial charge < -0.3 is 15.4 Å². The minimum atomic E-state index is -4.75. The number of alkyl halides is 3. The number of urea groups is 1.